The molecule has 0 aliphatic heterocycles. The average Bonchev–Trinajstić information content (AvgIpc) is 2.38. The summed E-state index contributed by atoms with van der Waals surface area (Å²) < 4.78 is 5.68. The van der Waals surface area contributed by atoms with Crippen LogP contribution in [0.25, 0.3) is 0 Å². The fraction of sp³-hybridized carbons (Fsp3) is 0.625. The molecule has 0 radical (unpaired) electrons. The van der Waals surface area contributed by atoms with Crippen LogP contribution in [-0.2, 0) is 11.2 Å². The summed E-state index contributed by atoms with van der Waals surface area (Å²) >= 11 is 0. The van der Waals surface area contributed by atoms with Gasteiger partial charge < -0.3 is 10.1 Å². The van der Waals surface area contributed by atoms with Crippen molar-refractivity contribution < 1.29 is 4.74 Å². The molecule has 1 rings (SSSR count). The SMILES string of the molecule is CCCNC(COCCC)Cc1ccc(C)cc1. The Morgan fingerprint density at radius 3 is 2.44 bits per heavy atom. The Hall–Kier alpha value is -0.860. The van der Waals surface area contributed by atoms with Crippen molar-refractivity contribution in [3.05, 3.63) is 35.4 Å². The summed E-state index contributed by atoms with van der Waals surface area (Å²) in [5.74, 6) is 0. The van der Waals surface area contributed by atoms with Crippen LogP contribution in [0.3, 0.4) is 0 Å². The van der Waals surface area contributed by atoms with Crippen molar-refractivity contribution in [2.45, 2.75) is 46.1 Å². The third-order valence-electron chi connectivity index (χ3n) is 2.95. The van der Waals surface area contributed by atoms with Crippen LogP contribution in [0, 0.1) is 6.92 Å². The number of nitrogens with one attached hydrogen (secondary N) is 1. The zero-order valence-electron chi connectivity index (χ0n) is 12.0. The summed E-state index contributed by atoms with van der Waals surface area (Å²) in [5, 5.41) is 3.57. The number of rotatable bonds is 9. The van der Waals surface area contributed by atoms with Crippen LogP contribution < -0.4 is 5.32 Å². The maximum atomic E-state index is 5.68. The molecule has 1 atom stereocenters. The van der Waals surface area contributed by atoms with E-state index in [9.17, 15) is 0 Å². The van der Waals surface area contributed by atoms with E-state index < -0.39 is 0 Å². The Bertz CT molecular complexity index is 307. The van der Waals surface area contributed by atoms with Crippen LogP contribution in [0.5, 0.6) is 0 Å². The summed E-state index contributed by atoms with van der Waals surface area (Å²) in [5.41, 5.74) is 2.70. The highest BCUT2D eigenvalue weighted by atomic mass is 16.5. The lowest BCUT2D eigenvalue weighted by molar-refractivity contribution is 0.112. The van der Waals surface area contributed by atoms with Crippen LogP contribution in [-0.4, -0.2) is 25.8 Å². The van der Waals surface area contributed by atoms with E-state index in [1.807, 2.05) is 0 Å². The van der Waals surface area contributed by atoms with Gasteiger partial charge in [0.15, 0.2) is 0 Å². The molecule has 0 saturated carbocycles. The summed E-state index contributed by atoms with van der Waals surface area (Å²) in [6.07, 6.45) is 3.30. The second-order valence-electron chi connectivity index (χ2n) is 4.92. The molecule has 1 unspecified atom stereocenters. The molecular weight excluding hydrogens is 222 g/mol. The maximum absolute atomic E-state index is 5.68. The minimum absolute atomic E-state index is 0.430. The van der Waals surface area contributed by atoms with Crippen LogP contribution in [0.1, 0.15) is 37.8 Å². The molecule has 2 nitrogen and oxygen atoms in total. The Morgan fingerprint density at radius 1 is 1.11 bits per heavy atom. The zero-order chi connectivity index (χ0) is 13.2. The highest BCUT2D eigenvalue weighted by Crippen LogP contribution is 2.07. The molecule has 0 fully saturated rings. The first-order valence-electron chi connectivity index (χ1n) is 7.13. The van der Waals surface area contributed by atoms with Crippen molar-refractivity contribution in [3.8, 4) is 0 Å². The first kappa shape index (κ1) is 15.2. The Morgan fingerprint density at radius 2 is 1.83 bits per heavy atom. The summed E-state index contributed by atoms with van der Waals surface area (Å²) in [4.78, 5) is 0. The molecule has 1 aromatic rings. The molecule has 0 aliphatic carbocycles. The van der Waals surface area contributed by atoms with E-state index in [0.29, 0.717) is 6.04 Å². The molecule has 0 aliphatic rings. The molecule has 18 heavy (non-hydrogen) atoms. The van der Waals surface area contributed by atoms with Gasteiger partial charge in [-0.15, -0.1) is 0 Å². The molecular formula is C16H27NO. The normalized spacial score (nSPS) is 12.6. The van der Waals surface area contributed by atoms with Gasteiger partial charge in [-0.3, -0.25) is 0 Å². The van der Waals surface area contributed by atoms with Crippen molar-refractivity contribution in [1.29, 1.82) is 0 Å². The summed E-state index contributed by atoms with van der Waals surface area (Å²) in [7, 11) is 0. The summed E-state index contributed by atoms with van der Waals surface area (Å²) in [6, 6.07) is 9.23. The third kappa shape index (κ3) is 6.18. The second kappa shape index (κ2) is 9.12. The molecule has 0 heterocycles. The molecule has 2 heteroatoms. The van der Waals surface area contributed by atoms with Crippen molar-refractivity contribution in [2.75, 3.05) is 19.8 Å². The standard InChI is InChI=1S/C16H27NO/c1-4-10-17-16(13-18-11-5-2)12-15-8-6-14(3)7-9-15/h6-9,16-17H,4-5,10-13H2,1-3H3. The van der Waals surface area contributed by atoms with E-state index in [2.05, 4.69) is 50.4 Å². The van der Waals surface area contributed by atoms with E-state index >= 15 is 0 Å². The largest absolute Gasteiger partial charge is 0.380 e. The molecule has 102 valence electrons. The first-order valence-corrected chi connectivity index (χ1v) is 7.13. The van der Waals surface area contributed by atoms with Crippen molar-refractivity contribution in [3.63, 3.8) is 0 Å². The van der Waals surface area contributed by atoms with E-state index in [1.165, 1.54) is 11.1 Å². The second-order valence-corrected chi connectivity index (χ2v) is 4.92. The molecule has 0 amide bonds. The number of hydrogen-bond acceptors (Lipinski definition) is 2. The Kier molecular flexibility index (Phi) is 7.70. The fourth-order valence-corrected chi connectivity index (χ4v) is 1.92. The predicted octanol–water partition coefficient (Wildman–Crippen LogP) is 3.33. The number of hydrogen-bond donors (Lipinski definition) is 1. The lowest BCUT2D eigenvalue weighted by Gasteiger charge is -2.18. The average molecular weight is 249 g/mol. The van der Waals surface area contributed by atoms with Gasteiger partial charge in [0.05, 0.1) is 6.61 Å². The van der Waals surface area contributed by atoms with Gasteiger partial charge >= 0.3 is 0 Å². The molecule has 1 aromatic carbocycles. The van der Waals surface area contributed by atoms with Crippen LogP contribution >= 0.6 is 0 Å². The molecule has 0 aromatic heterocycles. The third-order valence-corrected chi connectivity index (χ3v) is 2.95. The van der Waals surface area contributed by atoms with E-state index in [0.717, 1.165) is 39.0 Å². The highest BCUT2D eigenvalue weighted by Gasteiger charge is 2.08. The van der Waals surface area contributed by atoms with Crippen molar-refractivity contribution in [2.24, 2.45) is 0 Å². The highest BCUT2D eigenvalue weighted by molar-refractivity contribution is 5.22. The predicted molar refractivity (Wildman–Crippen MR) is 78.1 cm³/mol. The van der Waals surface area contributed by atoms with Gasteiger partial charge in [0.2, 0.25) is 0 Å². The summed E-state index contributed by atoms with van der Waals surface area (Å²) in [6.45, 7) is 9.20. The topological polar surface area (TPSA) is 21.3 Å². The molecule has 0 bridgehead atoms. The lowest BCUT2D eigenvalue weighted by Crippen LogP contribution is -2.36. The number of aryl methyl sites for hydroxylation is 1. The lowest BCUT2D eigenvalue weighted by atomic mass is 10.0. The molecule has 0 saturated heterocycles. The molecule has 1 N–H and O–H groups in total. The Labute approximate surface area is 112 Å². The molecule has 0 spiro atoms. The minimum Gasteiger partial charge on any atom is -0.380 e. The number of ether oxygens (including phenoxy) is 1. The van der Waals surface area contributed by atoms with Crippen LogP contribution in [0.2, 0.25) is 0 Å². The van der Waals surface area contributed by atoms with Gasteiger partial charge in [-0.1, -0.05) is 43.7 Å². The van der Waals surface area contributed by atoms with Gasteiger partial charge in [-0.25, -0.2) is 0 Å². The van der Waals surface area contributed by atoms with E-state index in [1.54, 1.807) is 0 Å². The van der Waals surface area contributed by atoms with Crippen LogP contribution in [0.15, 0.2) is 24.3 Å². The van der Waals surface area contributed by atoms with Crippen molar-refractivity contribution in [1.82, 2.24) is 5.32 Å². The van der Waals surface area contributed by atoms with Crippen molar-refractivity contribution >= 4 is 0 Å². The van der Waals surface area contributed by atoms with Gasteiger partial charge in [-0.2, -0.15) is 0 Å². The van der Waals surface area contributed by atoms with E-state index in [-0.39, 0.29) is 0 Å². The van der Waals surface area contributed by atoms with Gasteiger partial charge in [-0.05, 0) is 38.3 Å². The first-order chi connectivity index (χ1) is 8.76. The van der Waals surface area contributed by atoms with Gasteiger partial charge in [0, 0.05) is 12.6 Å². The smallest absolute Gasteiger partial charge is 0.0622 e. The van der Waals surface area contributed by atoms with E-state index in [4.69, 9.17) is 4.74 Å². The fourth-order valence-electron chi connectivity index (χ4n) is 1.92. The van der Waals surface area contributed by atoms with Gasteiger partial charge in [0.1, 0.15) is 0 Å². The minimum atomic E-state index is 0.430. The van der Waals surface area contributed by atoms with Crippen LogP contribution in [0.4, 0.5) is 0 Å². The Balaban J connectivity index is 2.45. The quantitative estimate of drug-likeness (QED) is 0.678. The monoisotopic (exact) mass is 249 g/mol. The van der Waals surface area contributed by atoms with Gasteiger partial charge in [0.25, 0.3) is 0 Å². The maximum Gasteiger partial charge on any atom is 0.0622 e. The number of benzene rings is 1. The zero-order valence-corrected chi connectivity index (χ0v) is 12.0.